The molecule has 1 atom stereocenters. The van der Waals surface area contributed by atoms with Gasteiger partial charge in [-0.15, -0.1) is 0 Å². The summed E-state index contributed by atoms with van der Waals surface area (Å²) in [5.41, 5.74) is -0.330. The van der Waals surface area contributed by atoms with Crippen molar-refractivity contribution in [2.75, 3.05) is 5.32 Å². The van der Waals surface area contributed by atoms with Gasteiger partial charge in [0.05, 0.1) is 11.9 Å². The first-order valence-corrected chi connectivity index (χ1v) is 6.42. The van der Waals surface area contributed by atoms with E-state index < -0.39 is 23.3 Å². The summed E-state index contributed by atoms with van der Waals surface area (Å²) >= 11 is 0. The van der Waals surface area contributed by atoms with Crippen LogP contribution in [0.25, 0.3) is 0 Å². The highest BCUT2D eigenvalue weighted by Gasteiger charge is 2.25. The molecule has 1 unspecified atom stereocenters. The smallest absolute Gasteiger partial charge is 0.354 e. The maximum absolute atomic E-state index is 11.9. The van der Waals surface area contributed by atoms with Crippen molar-refractivity contribution in [1.82, 2.24) is 10.3 Å². The number of anilines is 1. The molecule has 1 aromatic rings. The molecular weight excluding hydrogens is 274 g/mol. The number of carbonyl (C=O) groups is 3. The number of hydrogen-bond donors (Lipinski definition) is 3. The Morgan fingerprint density at radius 1 is 1.24 bits per heavy atom. The summed E-state index contributed by atoms with van der Waals surface area (Å²) in [6.45, 7) is 6.82. The van der Waals surface area contributed by atoms with Crippen molar-refractivity contribution >= 4 is 23.5 Å². The van der Waals surface area contributed by atoms with Crippen LogP contribution in [0.2, 0.25) is 0 Å². The first-order chi connectivity index (χ1) is 9.61. The molecule has 0 aromatic carbocycles. The number of nitrogens with one attached hydrogen (secondary N) is 2. The predicted octanol–water partition coefficient (Wildman–Crippen LogP) is 1.27. The summed E-state index contributed by atoms with van der Waals surface area (Å²) in [7, 11) is 0. The Labute approximate surface area is 122 Å². The highest BCUT2D eigenvalue weighted by atomic mass is 16.4. The third kappa shape index (κ3) is 4.87. The van der Waals surface area contributed by atoms with Crippen LogP contribution in [-0.4, -0.2) is 33.9 Å². The maximum atomic E-state index is 11.9. The van der Waals surface area contributed by atoms with Crippen LogP contribution in [-0.2, 0) is 9.59 Å². The fourth-order valence-corrected chi connectivity index (χ4v) is 1.32. The first kappa shape index (κ1) is 16.6. The summed E-state index contributed by atoms with van der Waals surface area (Å²) in [6, 6.07) is 2.01. The second kappa shape index (κ2) is 6.34. The molecule has 0 radical (unpaired) electrons. The molecule has 0 spiro atoms. The number of nitrogens with zero attached hydrogens (tertiary/aromatic N) is 1. The number of aromatic carboxylic acids is 1. The van der Waals surface area contributed by atoms with Gasteiger partial charge in [0.15, 0.2) is 0 Å². The molecule has 7 nitrogen and oxygen atoms in total. The van der Waals surface area contributed by atoms with Gasteiger partial charge in [-0.05, 0) is 19.1 Å². The molecule has 1 aromatic heterocycles. The van der Waals surface area contributed by atoms with Crippen molar-refractivity contribution in [1.29, 1.82) is 0 Å². The lowest BCUT2D eigenvalue weighted by molar-refractivity contribution is -0.131. The standard InChI is InChI=1S/C14H19N3O4/c1-8(16-13(21)14(2,3)4)11(18)17-9-5-6-10(12(19)20)15-7-9/h5-8H,1-4H3,(H,16,21)(H,17,18)(H,19,20). The van der Waals surface area contributed by atoms with Gasteiger partial charge in [0.2, 0.25) is 11.8 Å². The van der Waals surface area contributed by atoms with Crippen LogP contribution < -0.4 is 10.6 Å². The third-order valence-corrected chi connectivity index (χ3v) is 2.67. The Bertz CT molecular complexity index is 546. The summed E-state index contributed by atoms with van der Waals surface area (Å²) in [4.78, 5) is 38.1. The Morgan fingerprint density at radius 2 is 1.86 bits per heavy atom. The van der Waals surface area contributed by atoms with E-state index in [1.54, 1.807) is 27.7 Å². The molecule has 0 saturated heterocycles. The van der Waals surface area contributed by atoms with Crippen molar-refractivity contribution < 1.29 is 19.5 Å². The Balaban J connectivity index is 2.64. The van der Waals surface area contributed by atoms with Crippen LogP contribution in [0.1, 0.15) is 38.2 Å². The number of carboxylic acids is 1. The average molecular weight is 293 g/mol. The summed E-state index contributed by atoms with van der Waals surface area (Å²) in [6.07, 6.45) is 1.25. The minimum atomic E-state index is -1.14. The lowest BCUT2D eigenvalue weighted by Gasteiger charge is -2.21. The summed E-state index contributed by atoms with van der Waals surface area (Å²) in [5, 5.41) is 13.9. The zero-order valence-corrected chi connectivity index (χ0v) is 12.4. The molecule has 1 heterocycles. The summed E-state index contributed by atoms with van der Waals surface area (Å²) in [5.74, 6) is -1.78. The minimum Gasteiger partial charge on any atom is -0.477 e. The van der Waals surface area contributed by atoms with Crippen LogP contribution in [0.15, 0.2) is 18.3 Å². The first-order valence-electron chi connectivity index (χ1n) is 6.42. The van der Waals surface area contributed by atoms with E-state index in [-0.39, 0.29) is 11.6 Å². The largest absolute Gasteiger partial charge is 0.477 e. The van der Waals surface area contributed by atoms with Gasteiger partial charge in [-0.1, -0.05) is 20.8 Å². The van der Waals surface area contributed by atoms with Crippen LogP contribution >= 0.6 is 0 Å². The van der Waals surface area contributed by atoms with Crippen molar-refractivity contribution in [3.05, 3.63) is 24.0 Å². The van der Waals surface area contributed by atoms with Gasteiger partial charge < -0.3 is 15.7 Å². The van der Waals surface area contributed by atoms with E-state index in [9.17, 15) is 14.4 Å². The van der Waals surface area contributed by atoms with Crippen molar-refractivity contribution in [2.24, 2.45) is 5.41 Å². The molecule has 3 N–H and O–H groups in total. The Morgan fingerprint density at radius 3 is 2.29 bits per heavy atom. The van der Waals surface area contributed by atoms with E-state index in [1.807, 2.05) is 0 Å². The fourth-order valence-electron chi connectivity index (χ4n) is 1.32. The predicted molar refractivity (Wildman–Crippen MR) is 76.9 cm³/mol. The van der Waals surface area contributed by atoms with E-state index in [0.717, 1.165) is 0 Å². The van der Waals surface area contributed by atoms with Gasteiger partial charge in [-0.25, -0.2) is 9.78 Å². The highest BCUT2D eigenvalue weighted by Crippen LogP contribution is 2.13. The van der Waals surface area contributed by atoms with Crippen molar-refractivity contribution in [3.8, 4) is 0 Å². The summed E-state index contributed by atoms with van der Waals surface area (Å²) < 4.78 is 0. The van der Waals surface area contributed by atoms with Gasteiger partial charge in [-0.2, -0.15) is 0 Å². The van der Waals surface area contributed by atoms with E-state index in [2.05, 4.69) is 15.6 Å². The number of rotatable bonds is 4. The second-order valence-electron chi connectivity index (χ2n) is 5.67. The van der Waals surface area contributed by atoms with E-state index in [1.165, 1.54) is 18.3 Å². The molecule has 0 aliphatic heterocycles. The lowest BCUT2D eigenvalue weighted by Crippen LogP contribution is -2.46. The molecule has 2 amide bonds. The molecule has 0 aliphatic carbocycles. The molecule has 21 heavy (non-hydrogen) atoms. The number of carboxylic acid groups (broad SMARTS) is 1. The lowest BCUT2D eigenvalue weighted by atomic mass is 9.95. The number of hydrogen-bond acceptors (Lipinski definition) is 4. The van der Waals surface area contributed by atoms with Gasteiger partial charge in [-0.3, -0.25) is 9.59 Å². The molecule has 0 fully saturated rings. The van der Waals surface area contributed by atoms with Crippen molar-refractivity contribution in [2.45, 2.75) is 33.7 Å². The third-order valence-electron chi connectivity index (χ3n) is 2.67. The van der Waals surface area contributed by atoms with Gasteiger partial charge in [0.1, 0.15) is 11.7 Å². The molecular formula is C14H19N3O4. The molecule has 0 saturated carbocycles. The average Bonchev–Trinajstić information content (AvgIpc) is 2.37. The topological polar surface area (TPSA) is 108 Å². The maximum Gasteiger partial charge on any atom is 0.354 e. The zero-order valence-electron chi connectivity index (χ0n) is 12.4. The molecule has 0 bridgehead atoms. The Hall–Kier alpha value is -2.44. The Kier molecular flexibility index (Phi) is 5.02. The van der Waals surface area contributed by atoms with E-state index in [0.29, 0.717) is 5.69 Å². The monoisotopic (exact) mass is 293 g/mol. The molecule has 7 heteroatoms. The van der Waals surface area contributed by atoms with Crippen LogP contribution in [0.5, 0.6) is 0 Å². The highest BCUT2D eigenvalue weighted by molar-refractivity contribution is 5.97. The normalized spacial score (nSPS) is 12.4. The minimum absolute atomic E-state index is 0.109. The van der Waals surface area contributed by atoms with E-state index >= 15 is 0 Å². The fraction of sp³-hybridized carbons (Fsp3) is 0.429. The number of pyridine rings is 1. The van der Waals surface area contributed by atoms with Crippen LogP contribution in [0.4, 0.5) is 5.69 Å². The zero-order chi connectivity index (χ0) is 16.2. The molecule has 114 valence electrons. The van der Waals surface area contributed by atoms with Crippen LogP contribution in [0, 0.1) is 5.41 Å². The second-order valence-corrected chi connectivity index (χ2v) is 5.67. The molecule has 0 aliphatic rings. The van der Waals surface area contributed by atoms with Gasteiger partial charge >= 0.3 is 5.97 Å². The van der Waals surface area contributed by atoms with Gasteiger partial charge in [0.25, 0.3) is 0 Å². The van der Waals surface area contributed by atoms with Crippen LogP contribution in [0.3, 0.4) is 0 Å². The molecule has 1 rings (SSSR count). The van der Waals surface area contributed by atoms with E-state index in [4.69, 9.17) is 5.11 Å². The number of carbonyl (C=O) groups excluding carboxylic acids is 2. The van der Waals surface area contributed by atoms with Gasteiger partial charge in [0, 0.05) is 5.41 Å². The number of aromatic nitrogens is 1. The SMILES string of the molecule is CC(NC(=O)C(C)(C)C)C(=O)Nc1ccc(C(=O)O)nc1. The van der Waals surface area contributed by atoms with Crippen molar-refractivity contribution in [3.63, 3.8) is 0 Å². The number of amides is 2. The quantitative estimate of drug-likeness (QED) is 0.774.